The van der Waals surface area contributed by atoms with Crippen LogP contribution in [0.15, 0.2) is 78.9 Å². The number of hydrogen-bond donors (Lipinski definition) is 2. The second-order valence-corrected chi connectivity index (χ2v) is 9.06. The molecule has 0 aromatic heterocycles. The summed E-state index contributed by atoms with van der Waals surface area (Å²) in [5.41, 5.74) is 2.77. The lowest BCUT2D eigenvalue weighted by Gasteiger charge is -2.40. The molecule has 0 spiro atoms. The van der Waals surface area contributed by atoms with Crippen LogP contribution < -0.4 is 5.32 Å². The van der Waals surface area contributed by atoms with E-state index < -0.39 is 6.10 Å². The van der Waals surface area contributed by atoms with Crippen molar-refractivity contribution in [3.05, 3.63) is 100 Å². The molecule has 0 unspecified atom stereocenters. The summed E-state index contributed by atoms with van der Waals surface area (Å²) in [6.45, 7) is 1.02. The van der Waals surface area contributed by atoms with E-state index in [0.29, 0.717) is 29.6 Å². The van der Waals surface area contributed by atoms with Gasteiger partial charge in [0.05, 0.1) is 12.1 Å². The number of carbonyl (C=O) groups is 1. The fourth-order valence-corrected chi connectivity index (χ4v) is 4.36. The maximum absolute atomic E-state index is 12.8. The first kappa shape index (κ1) is 23.4. The number of piperidine rings is 1. The predicted octanol–water partition coefficient (Wildman–Crippen LogP) is 6.17. The standard InChI is InChI=1S/C26H26Cl2N2O3/c27-20-8-6-19(7-9-20)25(29-22-12-10-21(28)11-13-22)23-16-30(15-14-24(23)31)26(32)33-17-18-4-2-1-3-5-18/h1-13,23-25,29,31H,14-17H2/t23-,24+,25-/m1/s1. The fourth-order valence-electron chi connectivity index (χ4n) is 4.11. The molecule has 4 rings (SSSR count). The fraction of sp³-hybridized carbons (Fsp3) is 0.269. The molecule has 1 heterocycles. The van der Waals surface area contributed by atoms with Gasteiger partial charge in [0.1, 0.15) is 6.61 Å². The van der Waals surface area contributed by atoms with Crippen LogP contribution in [0, 0.1) is 5.92 Å². The average Bonchev–Trinajstić information content (AvgIpc) is 2.84. The van der Waals surface area contributed by atoms with Crippen LogP contribution in [0.25, 0.3) is 0 Å². The Bertz CT molecular complexity index is 1050. The number of carbonyl (C=O) groups excluding carboxylic acids is 1. The molecule has 0 bridgehead atoms. The van der Waals surface area contributed by atoms with E-state index in [1.165, 1.54) is 0 Å². The third kappa shape index (κ3) is 6.20. The number of nitrogens with one attached hydrogen (secondary N) is 1. The third-order valence-corrected chi connectivity index (χ3v) is 6.41. The van der Waals surface area contributed by atoms with Crippen LogP contribution in [-0.2, 0) is 11.3 Å². The van der Waals surface area contributed by atoms with E-state index in [1.54, 1.807) is 4.90 Å². The lowest BCUT2D eigenvalue weighted by atomic mass is 9.84. The molecule has 1 saturated heterocycles. The van der Waals surface area contributed by atoms with Crippen LogP contribution in [0.2, 0.25) is 10.0 Å². The number of hydrogen-bond acceptors (Lipinski definition) is 4. The molecular weight excluding hydrogens is 459 g/mol. The van der Waals surface area contributed by atoms with Crippen LogP contribution >= 0.6 is 23.2 Å². The Morgan fingerprint density at radius 2 is 1.64 bits per heavy atom. The SMILES string of the molecule is O=C(OCc1ccccc1)N1CC[C@H](O)[C@H]([C@H](Nc2ccc(Cl)cc2)c2ccc(Cl)cc2)C1. The van der Waals surface area contributed by atoms with Crippen LogP contribution in [0.5, 0.6) is 0 Å². The van der Waals surface area contributed by atoms with Gasteiger partial charge in [-0.05, 0) is 53.9 Å². The van der Waals surface area contributed by atoms with Gasteiger partial charge < -0.3 is 20.1 Å². The van der Waals surface area contributed by atoms with Gasteiger partial charge in [-0.25, -0.2) is 4.79 Å². The number of rotatable bonds is 6. The number of anilines is 1. The lowest BCUT2D eigenvalue weighted by Crippen LogP contribution is -2.49. The van der Waals surface area contributed by atoms with Crippen molar-refractivity contribution in [2.45, 2.75) is 25.2 Å². The topological polar surface area (TPSA) is 61.8 Å². The predicted molar refractivity (Wildman–Crippen MR) is 132 cm³/mol. The summed E-state index contributed by atoms with van der Waals surface area (Å²) in [6.07, 6.45) is -0.488. The molecule has 0 saturated carbocycles. The number of aliphatic hydroxyl groups is 1. The summed E-state index contributed by atoms with van der Waals surface area (Å²) in [4.78, 5) is 14.5. The van der Waals surface area contributed by atoms with Crippen molar-refractivity contribution in [3.8, 4) is 0 Å². The molecule has 1 amide bonds. The molecule has 0 aliphatic carbocycles. The number of aliphatic hydroxyl groups excluding tert-OH is 1. The van der Waals surface area contributed by atoms with Gasteiger partial charge in [0, 0.05) is 34.7 Å². The molecule has 3 aromatic carbocycles. The zero-order valence-electron chi connectivity index (χ0n) is 18.0. The maximum atomic E-state index is 12.8. The van der Waals surface area contributed by atoms with Crippen molar-refractivity contribution in [2.75, 3.05) is 18.4 Å². The maximum Gasteiger partial charge on any atom is 0.410 e. The number of ether oxygens (including phenoxy) is 1. The molecule has 3 atom stereocenters. The van der Waals surface area contributed by atoms with Crippen molar-refractivity contribution in [3.63, 3.8) is 0 Å². The summed E-state index contributed by atoms with van der Waals surface area (Å²) < 4.78 is 5.54. The molecule has 7 heteroatoms. The Kier molecular flexibility index (Phi) is 7.76. The summed E-state index contributed by atoms with van der Waals surface area (Å²) in [5.74, 6) is -0.250. The van der Waals surface area contributed by atoms with Crippen molar-refractivity contribution in [1.29, 1.82) is 0 Å². The number of halogens is 2. The number of benzene rings is 3. The van der Waals surface area contributed by atoms with Crippen molar-refractivity contribution in [1.82, 2.24) is 4.90 Å². The minimum Gasteiger partial charge on any atom is -0.445 e. The van der Waals surface area contributed by atoms with E-state index >= 15 is 0 Å². The van der Waals surface area contributed by atoms with E-state index in [1.807, 2.05) is 78.9 Å². The molecule has 5 nitrogen and oxygen atoms in total. The molecule has 1 aliphatic rings. The first-order chi connectivity index (χ1) is 16.0. The summed E-state index contributed by atoms with van der Waals surface area (Å²) >= 11 is 12.1. The minimum absolute atomic E-state index is 0.215. The highest BCUT2D eigenvalue weighted by Gasteiger charge is 2.37. The van der Waals surface area contributed by atoms with E-state index in [4.69, 9.17) is 27.9 Å². The Hall–Kier alpha value is -2.73. The number of likely N-dealkylation sites (tertiary alicyclic amines) is 1. The number of amides is 1. The van der Waals surface area contributed by atoms with Gasteiger partial charge >= 0.3 is 6.09 Å². The molecule has 0 radical (unpaired) electrons. The lowest BCUT2D eigenvalue weighted by molar-refractivity contribution is 0.0117. The first-order valence-electron chi connectivity index (χ1n) is 10.9. The van der Waals surface area contributed by atoms with E-state index in [2.05, 4.69) is 5.32 Å². The van der Waals surface area contributed by atoms with Gasteiger partial charge in [-0.1, -0.05) is 65.7 Å². The number of nitrogens with zero attached hydrogens (tertiary/aromatic N) is 1. The quantitative estimate of drug-likeness (QED) is 0.439. The van der Waals surface area contributed by atoms with Gasteiger partial charge in [-0.2, -0.15) is 0 Å². The van der Waals surface area contributed by atoms with Crippen LogP contribution in [-0.4, -0.2) is 35.3 Å². The van der Waals surface area contributed by atoms with Crippen LogP contribution in [0.3, 0.4) is 0 Å². The average molecular weight is 485 g/mol. The van der Waals surface area contributed by atoms with Crippen LogP contribution in [0.4, 0.5) is 10.5 Å². The zero-order valence-corrected chi connectivity index (χ0v) is 19.5. The van der Waals surface area contributed by atoms with Crippen molar-refractivity contribution >= 4 is 35.0 Å². The smallest absolute Gasteiger partial charge is 0.410 e. The summed E-state index contributed by atoms with van der Waals surface area (Å²) in [5, 5.41) is 15.7. The largest absolute Gasteiger partial charge is 0.445 e. The molecule has 3 aromatic rings. The van der Waals surface area contributed by atoms with Crippen LogP contribution in [0.1, 0.15) is 23.6 Å². The van der Waals surface area contributed by atoms with Crippen molar-refractivity contribution in [2.24, 2.45) is 5.92 Å². The Morgan fingerprint density at radius 1 is 1.00 bits per heavy atom. The Balaban J connectivity index is 1.52. The zero-order chi connectivity index (χ0) is 23.2. The second-order valence-electron chi connectivity index (χ2n) is 8.19. The summed E-state index contributed by atoms with van der Waals surface area (Å²) in [6, 6.07) is 24.3. The first-order valence-corrected chi connectivity index (χ1v) is 11.7. The van der Waals surface area contributed by atoms with E-state index in [9.17, 15) is 9.90 Å². The van der Waals surface area contributed by atoms with E-state index in [0.717, 1.165) is 16.8 Å². The third-order valence-electron chi connectivity index (χ3n) is 5.91. The minimum atomic E-state index is -0.580. The normalized spacial score (nSPS) is 19.1. The molecule has 1 fully saturated rings. The highest BCUT2D eigenvalue weighted by molar-refractivity contribution is 6.30. The summed E-state index contributed by atoms with van der Waals surface area (Å²) in [7, 11) is 0. The molecule has 33 heavy (non-hydrogen) atoms. The highest BCUT2D eigenvalue weighted by Crippen LogP contribution is 2.34. The molecule has 1 aliphatic heterocycles. The van der Waals surface area contributed by atoms with Crippen molar-refractivity contribution < 1.29 is 14.6 Å². The van der Waals surface area contributed by atoms with Gasteiger partial charge in [-0.15, -0.1) is 0 Å². The van der Waals surface area contributed by atoms with Gasteiger partial charge in [0.25, 0.3) is 0 Å². The Labute approximate surface area is 203 Å². The molecule has 172 valence electrons. The second kappa shape index (κ2) is 10.9. The highest BCUT2D eigenvalue weighted by atomic mass is 35.5. The Morgan fingerprint density at radius 3 is 2.30 bits per heavy atom. The molecule has 2 N–H and O–H groups in total. The monoisotopic (exact) mass is 484 g/mol. The van der Waals surface area contributed by atoms with Gasteiger partial charge in [0.2, 0.25) is 0 Å². The van der Waals surface area contributed by atoms with Gasteiger partial charge in [0.15, 0.2) is 0 Å². The van der Waals surface area contributed by atoms with E-state index in [-0.39, 0.29) is 24.7 Å². The van der Waals surface area contributed by atoms with Gasteiger partial charge in [-0.3, -0.25) is 0 Å². The molecular formula is C26H26Cl2N2O3.